The highest BCUT2D eigenvalue weighted by atomic mass is 16.2. The van der Waals surface area contributed by atoms with Gasteiger partial charge in [0, 0.05) is 26.4 Å². The van der Waals surface area contributed by atoms with Gasteiger partial charge in [-0.1, -0.05) is 0 Å². The SMILES string of the molecule is CN(C)C(=O)/C=C\c1c[nH]c(=O)[nH]c1=O. The van der Waals surface area contributed by atoms with E-state index in [9.17, 15) is 14.4 Å². The van der Waals surface area contributed by atoms with Gasteiger partial charge in [-0.25, -0.2) is 4.79 Å². The van der Waals surface area contributed by atoms with Crippen LogP contribution in [0.4, 0.5) is 0 Å². The van der Waals surface area contributed by atoms with Crippen molar-refractivity contribution in [2.24, 2.45) is 0 Å². The Morgan fingerprint density at radius 1 is 1.40 bits per heavy atom. The Labute approximate surface area is 85.3 Å². The maximum atomic E-state index is 11.2. The maximum Gasteiger partial charge on any atom is 0.325 e. The minimum atomic E-state index is -0.573. The van der Waals surface area contributed by atoms with E-state index in [1.54, 1.807) is 14.1 Å². The minimum Gasteiger partial charge on any atom is -0.345 e. The summed E-state index contributed by atoms with van der Waals surface area (Å²) in [7, 11) is 3.20. The van der Waals surface area contributed by atoms with E-state index in [1.165, 1.54) is 23.2 Å². The first-order valence-corrected chi connectivity index (χ1v) is 4.22. The second-order valence-electron chi connectivity index (χ2n) is 3.09. The summed E-state index contributed by atoms with van der Waals surface area (Å²) in [5, 5.41) is 0. The fraction of sp³-hybridized carbons (Fsp3) is 0.222. The first kappa shape index (κ1) is 11.0. The summed E-state index contributed by atoms with van der Waals surface area (Å²) >= 11 is 0. The molecule has 80 valence electrons. The third-order valence-corrected chi connectivity index (χ3v) is 1.69. The number of H-pyrrole nitrogens is 2. The average Bonchev–Trinajstić information content (AvgIpc) is 2.15. The molecule has 0 atom stereocenters. The Morgan fingerprint density at radius 2 is 2.07 bits per heavy atom. The van der Waals surface area contributed by atoms with Crippen LogP contribution >= 0.6 is 0 Å². The van der Waals surface area contributed by atoms with Crippen LogP contribution in [0.3, 0.4) is 0 Å². The number of amides is 1. The van der Waals surface area contributed by atoms with E-state index < -0.39 is 11.2 Å². The molecule has 1 amide bonds. The molecule has 0 saturated carbocycles. The van der Waals surface area contributed by atoms with Crippen molar-refractivity contribution in [3.63, 3.8) is 0 Å². The smallest absolute Gasteiger partial charge is 0.325 e. The van der Waals surface area contributed by atoms with Crippen LogP contribution in [0.5, 0.6) is 0 Å². The third-order valence-electron chi connectivity index (χ3n) is 1.69. The molecule has 0 aliphatic heterocycles. The molecule has 0 fully saturated rings. The number of likely N-dealkylation sites (N-methyl/N-ethyl adjacent to an activating group) is 1. The summed E-state index contributed by atoms with van der Waals surface area (Å²) in [6.07, 6.45) is 3.85. The van der Waals surface area contributed by atoms with Gasteiger partial charge in [-0.05, 0) is 6.08 Å². The molecule has 1 rings (SSSR count). The molecule has 6 nitrogen and oxygen atoms in total. The van der Waals surface area contributed by atoms with E-state index >= 15 is 0 Å². The lowest BCUT2D eigenvalue weighted by molar-refractivity contribution is -0.123. The molecule has 0 spiro atoms. The Morgan fingerprint density at radius 3 is 2.60 bits per heavy atom. The molecule has 0 saturated heterocycles. The Balaban J connectivity index is 2.96. The molecule has 6 heteroatoms. The molecule has 2 N–H and O–H groups in total. The van der Waals surface area contributed by atoms with Gasteiger partial charge in [-0.3, -0.25) is 14.6 Å². The zero-order chi connectivity index (χ0) is 11.4. The van der Waals surface area contributed by atoms with Crippen molar-refractivity contribution in [3.8, 4) is 0 Å². The zero-order valence-corrected chi connectivity index (χ0v) is 8.40. The Hall–Kier alpha value is -2.11. The Kier molecular flexibility index (Phi) is 3.22. The third kappa shape index (κ3) is 2.94. The highest BCUT2D eigenvalue weighted by Crippen LogP contribution is 1.91. The molecule has 0 aliphatic rings. The van der Waals surface area contributed by atoms with Crippen LogP contribution in [0.15, 0.2) is 21.9 Å². The molecule has 1 aromatic rings. The number of nitrogens with zero attached hydrogens (tertiary/aromatic N) is 1. The maximum absolute atomic E-state index is 11.2. The second-order valence-corrected chi connectivity index (χ2v) is 3.09. The van der Waals surface area contributed by atoms with Gasteiger partial charge in [0.05, 0.1) is 5.56 Å². The van der Waals surface area contributed by atoms with Gasteiger partial charge >= 0.3 is 5.69 Å². The van der Waals surface area contributed by atoms with Crippen LogP contribution in [-0.4, -0.2) is 34.9 Å². The van der Waals surface area contributed by atoms with E-state index in [1.807, 2.05) is 4.98 Å². The van der Waals surface area contributed by atoms with Gasteiger partial charge in [0.1, 0.15) is 0 Å². The van der Waals surface area contributed by atoms with Gasteiger partial charge in [-0.15, -0.1) is 0 Å². The van der Waals surface area contributed by atoms with Crippen LogP contribution in [0.1, 0.15) is 5.56 Å². The van der Waals surface area contributed by atoms with E-state index in [2.05, 4.69) is 4.98 Å². The van der Waals surface area contributed by atoms with E-state index in [0.717, 1.165) is 0 Å². The number of aromatic amines is 2. The van der Waals surface area contributed by atoms with Crippen LogP contribution in [-0.2, 0) is 4.79 Å². The van der Waals surface area contributed by atoms with Crippen LogP contribution < -0.4 is 11.2 Å². The lowest BCUT2D eigenvalue weighted by Gasteiger charge is -2.04. The minimum absolute atomic E-state index is 0.227. The summed E-state index contributed by atoms with van der Waals surface area (Å²) in [6, 6.07) is 0. The standard InChI is InChI=1S/C9H11N3O3/c1-12(2)7(13)4-3-6-5-10-9(15)11-8(6)14/h3-5H,1-2H3,(H2,10,11,14,15)/b4-3-. The molecule has 15 heavy (non-hydrogen) atoms. The quantitative estimate of drug-likeness (QED) is 0.623. The van der Waals surface area contributed by atoms with Gasteiger partial charge in [0.25, 0.3) is 5.56 Å². The van der Waals surface area contributed by atoms with Gasteiger partial charge in [0.15, 0.2) is 0 Å². The zero-order valence-electron chi connectivity index (χ0n) is 8.40. The summed E-state index contributed by atoms with van der Waals surface area (Å²) < 4.78 is 0. The second kappa shape index (κ2) is 4.41. The van der Waals surface area contributed by atoms with E-state index in [0.29, 0.717) is 0 Å². The first-order chi connectivity index (χ1) is 7.00. The number of rotatable bonds is 2. The monoisotopic (exact) mass is 209 g/mol. The van der Waals surface area contributed by atoms with Crippen LogP contribution in [0, 0.1) is 0 Å². The predicted octanol–water partition coefficient (Wildman–Crippen LogP) is -0.835. The molecule has 0 radical (unpaired) electrons. The number of hydrogen-bond donors (Lipinski definition) is 2. The highest BCUT2D eigenvalue weighted by molar-refractivity contribution is 5.91. The number of hydrogen-bond acceptors (Lipinski definition) is 3. The van der Waals surface area contributed by atoms with Crippen molar-refractivity contribution in [3.05, 3.63) is 38.7 Å². The lowest BCUT2D eigenvalue weighted by Crippen LogP contribution is -2.23. The predicted molar refractivity (Wildman–Crippen MR) is 55.4 cm³/mol. The fourth-order valence-electron chi connectivity index (χ4n) is 0.854. The molecule has 0 aliphatic carbocycles. The van der Waals surface area contributed by atoms with Crippen LogP contribution in [0.25, 0.3) is 6.08 Å². The summed E-state index contributed by atoms with van der Waals surface area (Å²) in [4.78, 5) is 38.7. The number of carbonyl (C=O) groups is 1. The van der Waals surface area contributed by atoms with Crippen molar-refractivity contribution < 1.29 is 4.79 Å². The number of nitrogens with one attached hydrogen (secondary N) is 2. The Bertz CT molecular complexity index is 496. The normalized spacial score (nSPS) is 10.5. The average molecular weight is 209 g/mol. The lowest BCUT2D eigenvalue weighted by atomic mass is 10.3. The molecule has 1 heterocycles. The van der Waals surface area contributed by atoms with Crippen molar-refractivity contribution >= 4 is 12.0 Å². The summed E-state index contributed by atoms with van der Waals surface area (Å²) in [6.45, 7) is 0. The van der Waals surface area contributed by atoms with E-state index in [-0.39, 0.29) is 11.5 Å². The largest absolute Gasteiger partial charge is 0.345 e. The summed E-state index contributed by atoms with van der Waals surface area (Å²) in [5.74, 6) is -0.236. The van der Waals surface area contributed by atoms with Gasteiger partial charge < -0.3 is 9.88 Å². The van der Waals surface area contributed by atoms with Crippen molar-refractivity contribution in [1.82, 2.24) is 14.9 Å². The van der Waals surface area contributed by atoms with Crippen molar-refractivity contribution in [1.29, 1.82) is 0 Å². The molecular weight excluding hydrogens is 198 g/mol. The highest BCUT2D eigenvalue weighted by Gasteiger charge is 1.99. The first-order valence-electron chi connectivity index (χ1n) is 4.22. The number of carbonyl (C=O) groups excluding carboxylic acids is 1. The van der Waals surface area contributed by atoms with Crippen molar-refractivity contribution in [2.75, 3.05) is 14.1 Å². The van der Waals surface area contributed by atoms with Gasteiger partial charge in [-0.2, -0.15) is 0 Å². The molecule has 0 unspecified atom stereocenters. The van der Waals surface area contributed by atoms with Crippen LogP contribution in [0.2, 0.25) is 0 Å². The van der Waals surface area contributed by atoms with Crippen molar-refractivity contribution in [2.45, 2.75) is 0 Å². The van der Waals surface area contributed by atoms with Gasteiger partial charge in [0.2, 0.25) is 5.91 Å². The topological polar surface area (TPSA) is 86.0 Å². The summed E-state index contributed by atoms with van der Waals surface area (Å²) in [5.41, 5.74) is -0.873. The fourth-order valence-corrected chi connectivity index (χ4v) is 0.854. The van der Waals surface area contributed by atoms with E-state index in [4.69, 9.17) is 0 Å². The molecule has 1 aromatic heterocycles. The molecule has 0 bridgehead atoms. The number of aromatic nitrogens is 2. The molecule has 0 aromatic carbocycles. The molecular formula is C9H11N3O3.